The normalized spacial score (nSPS) is 25.8. The molecule has 3 rings (SSSR count). The Morgan fingerprint density at radius 1 is 0.762 bits per heavy atom. The summed E-state index contributed by atoms with van der Waals surface area (Å²) >= 11 is 11.8. The zero-order chi connectivity index (χ0) is 14.8. The molecule has 2 aromatic rings. The third kappa shape index (κ3) is 3.57. The molecule has 0 aliphatic carbocycles. The molecule has 0 amide bonds. The second-order valence-corrected chi connectivity index (χ2v) is 6.16. The summed E-state index contributed by atoms with van der Waals surface area (Å²) in [4.78, 5) is 0. The molecule has 4 heteroatoms. The summed E-state index contributed by atoms with van der Waals surface area (Å²) in [6.07, 6.45) is -0.601. The highest BCUT2D eigenvalue weighted by atomic mass is 35.5. The Morgan fingerprint density at radius 3 is 1.52 bits per heavy atom. The predicted molar refractivity (Wildman–Crippen MR) is 83.6 cm³/mol. The summed E-state index contributed by atoms with van der Waals surface area (Å²) in [6, 6.07) is 14.8. The first kappa shape index (κ1) is 14.8. The molecule has 0 radical (unpaired) electrons. The van der Waals surface area contributed by atoms with Crippen LogP contribution in [-0.4, -0.2) is 6.17 Å². The van der Waals surface area contributed by atoms with Crippen molar-refractivity contribution in [2.45, 2.75) is 31.2 Å². The van der Waals surface area contributed by atoms with Crippen LogP contribution in [0.3, 0.4) is 0 Å². The lowest BCUT2D eigenvalue weighted by Gasteiger charge is -2.33. The van der Waals surface area contributed by atoms with Crippen molar-refractivity contribution in [3.05, 3.63) is 69.7 Å². The zero-order valence-corrected chi connectivity index (χ0v) is 12.8. The van der Waals surface area contributed by atoms with Crippen molar-refractivity contribution in [1.29, 1.82) is 0 Å². The third-order valence-electron chi connectivity index (χ3n) is 3.75. The summed E-state index contributed by atoms with van der Waals surface area (Å²) in [5.41, 5.74) is 1.92. The first-order valence-electron chi connectivity index (χ1n) is 6.92. The van der Waals surface area contributed by atoms with Crippen LogP contribution in [0.2, 0.25) is 10.0 Å². The number of halogens is 3. The first-order valence-corrected chi connectivity index (χ1v) is 7.68. The molecule has 1 fully saturated rings. The maximum absolute atomic E-state index is 14.1. The van der Waals surface area contributed by atoms with E-state index in [1.54, 1.807) is 24.3 Å². The Bertz CT molecular complexity index is 544. The van der Waals surface area contributed by atoms with E-state index in [-0.39, 0.29) is 12.2 Å². The molecule has 0 bridgehead atoms. The summed E-state index contributed by atoms with van der Waals surface area (Å²) in [5.74, 6) is 0. The van der Waals surface area contributed by atoms with E-state index in [2.05, 4.69) is 0 Å². The fraction of sp³-hybridized carbons (Fsp3) is 0.294. The highest BCUT2D eigenvalue weighted by molar-refractivity contribution is 6.30. The van der Waals surface area contributed by atoms with E-state index in [4.69, 9.17) is 27.9 Å². The highest BCUT2D eigenvalue weighted by Gasteiger charge is 2.31. The zero-order valence-electron chi connectivity index (χ0n) is 11.3. The van der Waals surface area contributed by atoms with Crippen molar-refractivity contribution in [2.24, 2.45) is 0 Å². The van der Waals surface area contributed by atoms with Gasteiger partial charge in [-0.15, -0.1) is 0 Å². The van der Waals surface area contributed by atoms with Crippen LogP contribution in [0.5, 0.6) is 0 Å². The van der Waals surface area contributed by atoms with Crippen LogP contribution in [-0.2, 0) is 4.74 Å². The fourth-order valence-corrected chi connectivity index (χ4v) is 2.91. The van der Waals surface area contributed by atoms with Gasteiger partial charge in [0.25, 0.3) is 0 Å². The van der Waals surface area contributed by atoms with Crippen LogP contribution in [0.4, 0.5) is 4.39 Å². The number of hydrogen-bond donors (Lipinski definition) is 0. The minimum absolute atomic E-state index is 0.244. The van der Waals surface area contributed by atoms with Crippen molar-refractivity contribution < 1.29 is 9.13 Å². The SMILES string of the molecule is FC1C[C@@H](c2ccc(Cl)cc2)O[C@@H](c2ccc(Cl)cc2)C1. The minimum Gasteiger partial charge on any atom is -0.365 e. The lowest BCUT2D eigenvalue weighted by atomic mass is 9.94. The van der Waals surface area contributed by atoms with Gasteiger partial charge in [-0.1, -0.05) is 47.5 Å². The second kappa shape index (κ2) is 6.35. The van der Waals surface area contributed by atoms with Crippen LogP contribution < -0.4 is 0 Å². The van der Waals surface area contributed by atoms with E-state index < -0.39 is 6.17 Å². The van der Waals surface area contributed by atoms with Gasteiger partial charge in [0, 0.05) is 22.9 Å². The Kier molecular flexibility index (Phi) is 4.48. The van der Waals surface area contributed by atoms with Crippen LogP contribution in [0.15, 0.2) is 48.5 Å². The molecule has 0 N–H and O–H groups in total. The maximum Gasteiger partial charge on any atom is 0.106 e. The molecule has 3 atom stereocenters. The van der Waals surface area contributed by atoms with Gasteiger partial charge in [0.05, 0.1) is 12.2 Å². The smallest absolute Gasteiger partial charge is 0.106 e. The monoisotopic (exact) mass is 324 g/mol. The molecule has 0 spiro atoms. The van der Waals surface area contributed by atoms with Gasteiger partial charge in [-0.25, -0.2) is 4.39 Å². The highest BCUT2D eigenvalue weighted by Crippen LogP contribution is 2.40. The lowest BCUT2D eigenvalue weighted by molar-refractivity contribution is -0.0811. The van der Waals surface area contributed by atoms with Crippen molar-refractivity contribution >= 4 is 23.2 Å². The molecule has 1 nitrogen and oxygen atoms in total. The van der Waals surface area contributed by atoms with Crippen molar-refractivity contribution in [3.63, 3.8) is 0 Å². The average molecular weight is 325 g/mol. The van der Waals surface area contributed by atoms with Crippen molar-refractivity contribution in [2.75, 3.05) is 0 Å². The predicted octanol–water partition coefficient (Wildman–Crippen LogP) is 5.92. The standard InChI is InChI=1S/C17H15Cl2FO/c18-13-5-1-11(2-6-13)16-9-15(20)10-17(21-16)12-3-7-14(19)8-4-12/h1-8,15-17H,9-10H2/t15?,16-,17+. The molecule has 21 heavy (non-hydrogen) atoms. The summed E-state index contributed by atoms with van der Waals surface area (Å²) in [7, 11) is 0. The van der Waals surface area contributed by atoms with Gasteiger partial charge in [-0.2, -0.15) is 0 Å². The van der Waals surface area contributed by atoms with Gasteiger partial charge in [0.15, 0.2) is 0 Å². The van der Waals surface area contributed by atoms with Crippen LogP contribution in [0, 0.1) is 0 Å². The topological polar surface area (TPSA) is 9.23 Å². The molecule has 1 unspecified atom stereocenters. The van der Waals surface area contributed by atoms with E-state index in [0.29, 0.717) is 22.9 Å². The van der Waals surface area contributed by atoms with E-state index in [1.165, 1.54) is 0 Å². The number of benzene rings is 2. The van der Waals surface area contributed by atoms with Gasteiger partial charge in [0.1, 0.15) is 6.17 Å². The minimum atomic E-state index is -0.875. The molecule has 2 aromatic carbocycles. The maximum atomic E-state index is 14.1. The molecule has 1 heterocycles. The van der Waals surface area contributed by atoms with Crippen molar-refractivity contribution in [3.8, 4) is 0 Å². The molecule has 0 saturated carbocycles. The Labute approximate surface area is 133 Å². The Balaban J connectivity index is 1.81. The van der Waals surface area contributed by atoms with Crippen molar-refractivity contribution in [1.82, 2.24) is 0 Å². The molecule has 1 aliphatic heterocycles. The van der Waals surface area contributed by atoms with Gasteiger partial charge in [-0.05, 0) is 35.4 Å². The largest absolute Gasteiger partial charge is 0.365 e. The molecule has 1 aliphatic rings. The van der Waals surface area contributed by atoms with Crippen LogP contribution in [0.1, 0.15) is 36.2 Å². The molecule has 0 aromatic heterocycles. The number of rotatable bonds is 2. The van der Waals surface area contributed by atoms with E-state index >= 15 is 0 Å². The van der Waals surface area contributed by atoms with Crippen LogP contribution in [0.25, 0.3) is 0 Å². The number of ether oxygens (including phenoxy) is 1. The number of hydrogen-bond acceptors (Lipinski definition) is 1. The van der Waals surface area contributed by atoms with Gasteiger partial charge < -0.3 is 4.74 Å². The molecule has 110 valence electrons. The Morgan fingerprint density at radius 2 is 1.14 bits per heavy atom. The van der Waals surface area contributed by atoms with E-state index in [0.717, 1.165) is 11.1 Å². The average Bonchev–Trinajstić information content (AvgIpc) is 2.48. The van der Waals surface area contributed by atoms with Gasteiger partial charge in [0.2, 0.25) is 0 Å². The molecule has 1 saturated heterocycles. The fourth-order valence-electron chi connectivity index (χ4n) is 2.65. The first-order chi connectivity index (χ1) is 10.1. The molecular weight excluding hydrogens is 310 g/mol. The van der Waals surface area contributed by atoms with Gasteiger partial charge >= 0.3 is 0 Å². The lowest BCUT2D eigenvalue weighted by Crippen LogP contribution is -2.24. The second-order valence-electron chi connectivity index (χ2n) is 5.29. The van der Waals surface area contributed by atoms with Gasteiger partial charge in [-0.3, -0.25) is 0 Å². The molecular formula is C17H15Cl2FO. The van der Waals surface area contributed by atoms with Crippen LogP contribution >= 0.6 is 23.2 Å². The summed E-state index contributed by atoms with van der Waals surface area (Å²) in [5, 5.41) is 1.33. The summed E-state index contributed by atoms with van der Waals surface area (Å²) < 4.78 is 20.2. The number of alkyl halides is 1. The third-order valence-corrected chi connectivity index (χ3v) is 4.26. The van der Waals surface area contributed by atoms with E-state index in [9.17, 15) is 4.39 Å². The Hall–Kier alpha value is -1.09. The summed E-state index contributed by atoms with van der Waals surface area (Å²) in [6.45, 7) is 0. The quantitative estimate of drug-likeness (QED) is 0.665. The van der Waals surface area contributed by atoms with E-state index in [1.807, 2.05) is 24.3 Å².